The number of halogens is 1. The Hall–Kier alpha value is -0.0100. The van der Waals surface area contributed by atoms with E-state index in [1.54, 1.807) is 0 Å². The molecule has 1 heterocycles. The molecule has 0 atom stereocenters. The zero-order chi connectivity index (χ0) is 12.2. The Labute approximate surface area is 105 Å². The second-order valence-electron chi connectivity index (χ2n) is 3.96. The number of carbonyl (C=O) groups excluding carboxylic acids is 1. The van der Waals surface area contributed by atoms with E-state index < -0.39 is 10.5 Å². The van der Waals surface area contributed by atoms with Gasteiger partial charge in [-0.2, -0.15) is 0 Å². The monoisotopic (exact) mass is 270 g/mol. The fourth-order valence-electron chi connectivity index (χ4n) is 1.13. The molecule has 94 valence electrons. The summed E-state index contributed by atoms with van der Waals surface area (Å²) in [5.74, 6) is -0.415. The standard InChI is InChI=1S/C9H15ClO5S/c1-8(4-13-3-7(11)12-2)5-14-9(10,16)15-6-8/h16H,3-6H2,1-2H3. The SMILES string of the molecule is COC(=O)COCC1(C)COC(S)(Cl)OC1. The number of thiol groups is 1. The van der Waals surface area contributed by atoms with Crippen LogP contribution in [0.25, 0.3) is 0 Å². The summed E-state index contributed by atoms with van der Waals surface area (Å²) in [5, 5.41) is 0. The molecule has 0 aromatic heterocycles. The Bertz CT molecular complexity index is 248. The van der Waals surface area contributed by atoms with Gasteiger partial charge in [0.15, 0.2) is 0 Å². The lowest BCUT2D eigenvalue weighted by atomic mass is 9.94. The van der Waals surface area contributed by atoms with Crippen LogP contribution in [0.3, 0.4) is 0 Å². The molecule has 0 aromatic carbocycles. The quantitative estimate of drug-likeness (QED) is 0.469. The van der Waals surface area contributed by atoms with Crippen LogP contribution in [0, 0.1) is 5.41 Å². The Morgan fingerprint density at radius 2 is 2.06 bits per heavy atom. The first-order chi connectivity index (χ1) is 7.37. The Balaban J connectivity index is 2.29. The molecule has 0 spiro atoms. The highest BCUT2D eigenvalue weighted by Crippen LogP contribution is 2.34. The van der Waals surface area contributed by atoms with E-state index in [9.17, 15) is 4.79 Å². The van der Waals surface area contributed by atoms with Crippen molar-refractivity contribution in [2.24, 2.45) is 5.41 Å². The second kappa shape index (κ2) is 5.55. The largest absolute Gasteiger partial charge is 0.467 e. The molecular formula is C9H15ClO5S. The molecule has 0 saturated carbocycles. The average Bonchev–Trinajstić information content (AvgIpc) is 2.23. The third-order valence-electron chi connectivity index (χ3n) is 2.10. The van der Waals surface area contributed by atoms with Crippen molar-refractivity contribution in [3.63, 3.8) is 0 Å². The number of ether oxygens (including phenoxy) is 4. The maximum Gasteiger partial charge on any atom is 0.331 e. The van der Waals surface area contributed by atoms with Crippen molar-refractivity contribution in [2.75, 3.05) is 33.5 Å². The third kappa shape index (κ3) is 4.47. The first kappa shape index (κ1) is 14.1. The van der Waals surface area contributed by atoms with Crippen LogP contribution >= 0.6 is 24.2 Å². The van der Waals surface area contributed by atoms with Crippen LogP contribution in [-0.2, 0) is 23.7 Å². The summed E-state index contributed by atoms with van der Waals surface area (Å²) in [6, 6.07) is 0. The molecule has 0 unspecified atom stereocenters. The minimum atomic E-state index is -1.36. The van der Waals surface area contributed by atoms with Crippen molar-refractivity contribution in [1.82, 2.24) is 0 Å². The fourth-order valence-corrected chi connectivity index (χ4v) is 1.37. The maximum absolute atomic E-state index is 10.8. The van der Waals surface area contributed by atoms with Gasteiger partial charge in [0.05, 0.1) is 26.9 Å². The highest BCUT2D eigenvalue weighted by molar-refractivity contribution is 7.83. The van der Waals surface area contributed by atoms with Crippen molar-refractivity contribution >= 4 is 30.2 Å². The minimum Gasteiger partial charge on any atom is -0.467 e. The van der Waals surface area contributed by atoms with Crippen molar-refractivity contribution in [3.05, 3.63) is 0 Å². The van der Waals surface area contributed by atoms with Gasteiger partial charge in [0, 0.05) is 5.41 Å². The van der Waals surface area contributed by atoms with Crippen molar-refractivity contribution in [2.45, 2.75) is 11.5 Å². The van der Waals surface area contributed by atoms with E-state index in [4.69, 9.17) is 25.8 Å². The zero-order valence-electron chi connectivity index (χ0n) is 9.19. The number of carbonyl (C=O) groups is 1. The molecule has 1 fully saturated rings. The van der Waals surface area contributed by atoms with Gasteiger partial charge in [-0.15, -0.1) is 0 Å². The van der Waals surface area contributed by atoms with Crippen molar-refractivity contribution < 1.29 is 23.7 Å². The highest BCUT2D eigenvalue weighted by Gasteiger charge is 2.39. The highest BCUT2D eigenvalue weighted by atomic mass is 35.5. The van der Waals surface area contributed by atoms with E-state index in [0.717, 1.165) is 0 Å². The van der Waals surface area contributed by atoms with Gasteiger partial charge in [0.1, 0.15) is 6.61 Å². The van der Waals surface area contributed by atoms with Crippen LogP contribution in [0.15, 0.2) is 0 Å². The Morgan fingerprint density at radius 3 is 2.56 bits per heavy atom. The lowest BCUT2D eigenvalue weighted by molar-refractivity contribution is -0.216. The number of hydrogen-bond donors (Lipinski definition) is 1. The number of methoxy groups -OCH3 is 1. The molecule has 1 rings (SSSR count). The lowest BCUT2D eigenvalue weighted by Gasteiger charge is -2.38. The molecule has 0 radical (unpaired) electrons. The summed E-state index contributed by atoms with van der Waals surface area (Å²) in [4.78, 5) is 10.8. The number of esters is 1. The number of rotatable bonds is 4. The average molecular weight is 271 g/mol. The Kier molecular flexibility index (Phi) is 4.88. The molecule has 7 heteroatoms. The van der Waals surface area contributed by atoms with E-state index in [1.807, 2.05) is 6.92 Å². The van der Waals surface area contributed by atoms with Crippen molar-refractivity contribution in [1.29, 1.82) is 0 Å². The van der Waals surface area contributed by atoms with Crippen LogP contribution in [0.1, 0.15) is 6.92 Å². The first-order valence-corrected chi connectivity index (χ1v) is 5.53. The zero-order valence-corrected chi connectivity index (χ0v) is 10.8. The molecule has 0 aliphatic carbocycles. The van der Waals surface area contributed by atoms with Gasteiger partial charge in [-0.25, -0.2) is 4.79 Å². The molecule has 1 saturated heterocycles. The summed E-state index contributed by atoms with van der Waals surface area (Å²) < 4.78 is 18.6. The van der Waals surface area contributed by atoms with Crippen LogP contribution in [-0.4, -0.2) is 44.1 Å². The van der Waals surface area contributed by atoms with Crippen LogP contribution in [0.4, 0.5) is 0 Å². The Morgan fingerprint density at radius 1 is 1.50 bits per heavy atom. The van der Waals surface area contributed by atoms with Gasteiger partial charge < -0.3 is 18.9 Å². The molecule has 1 aliphatic heterocycles. The molecule has 16 heavy (non-hydrogen) atoms. The predicted molar refractivity (Wildman–Crippen MR) is 60.4 cm³/mol. The molecule has 0 aromatic rings. The van der Waals surface area contributed by atoms with Crippen LogP contribution in [0.2, 0.25) is 0 Å². The van der Waals surface area contributed by atoms with Gasteiger partial charge >= 0.3 is 5.97 Å². The minimum absolute atomic E-state index is 0.0843. The van der Waals surface area contributed by atoms with Gasteiger partial charge in [-0.3, -0.25) is 0 Å². The smallest absolute Gasteiger partial charge is 0.331 e. The van der Waals surface area contributed by atoms with E-state index in [0.29, 0.717) is 19.8 Å². The van der Waals surface area contributed by atoms with Crippen LogP contribution in [0.5, 0.6) is 0 Å². The summed E-state index contributed by atoms with van der Waals surface area (Å²) in [6.07, 6.45) is 0. The summed E-state index contributed by atoms with van der Waals surface area (Å²) >= 11 is 9.65. The third-order valence-corrected chi connectivity index (χ3v) is 2.57. The summed E-state index contributed by atoms with van der Waals surface area (Å²) in [5.41, 5.74) is -0.338. The van der Waals surface area contributed by atoms with Crippen LogP contribution < -0.4 is 0 Å². The number of alkyl halides is 1. The molecule has 0 bridgehead atoms. The molecule has 5 nitrogen and oxygen atoms in total. The topological polar surface area (TPSA) is 54.0 Å². The summed E-state index contributed by atoms with van der Waals surface area (Å²) in [7, 11) is 1.31. The van der Waals surface area contributed by atoms with E-state index in [-0.39, 0.29) is 12.0 Å². The van der Waals surface area contributed by atoms with Gasteiger partial charge in [0.25, 0.3) is 4.58 Å². The lowest BCUT2D eigenvalue weighted by Crippen LogP contribution is -2.45. The fraction of sp³-hybridized carbons (Fsp3) is 0.889. The van der Waals surface area contributed by atoms with Gasteiger partial charge in [-0.05, 0) is 11.6 Å². The van der Waals surface area contributed by atoms with E-state index in [2.05, 4.69) is 17.4 Å². The molecule has 1 aliphatic rings. The normalized spacial score (nSPS) is 34.8. The van der Waals surface area contributed by atoms with Gasteiger partial charge in [0.2, 0.25) is 0 Å². The molecule has 0 amide bonds. The van der Waals surface area contributed by atoms with Gasteiger partial charge in [-0.1, -0.05) is 19.6 Å². The molecular weight excluding hydrogens is 256 g/mol. The summed E-state index contributed by atoms with van der Waals surface area (Å²) in [6.45, 7) is 2.84. The van der Waals surface area contributed by atoms with Crippen molar-refractivity contribution in [3.8, 4) is 0 Å². The first-order valence-electron chi connectivity index (χ1n) is 4.71. The maximum atomic E-state index is 10.8. The molecule has 0 N–H and O–H groups in total. The van der Waals surface area contributed by atoms with E-state index in [1.165, 1.54) is 7.11 Å². The number of hydrogen-bond acceptors (Lipinski definition) is 6. The van der Waals surface area contributed by atoms with E-state index >= 15 is 0 Å². The second-order valence-corrected chi connectivity index (χ2v) is 5.31. The predicted octanol–water partition coefficient (Wildman–Crippen LogP) is 1.01.